The van der Waals surface area contributed by atoms with Gasteiger partial charge in [-0.2, -0.15) is 0 Å². The Labute approximate surface area is 180 Å². The first-order valence-electron chi connectivity index (χ1n) is 9.89. The number of hydrogen-bond donors (Lipinski definition) is 0. The van der Waals surface area contributed by atoms with E-state index in [-0.39, 0.29) is 17.1 Å². The molecule has 2 aromatic carbocycles. The molecule has 1 aromatic heterocycles. The van der Waals surface area contributed by atoms with Crippen molar-refractivity contribution in [3.63, 3.8) is 0 Å². The van der Waals surface area contributed by atoms with Gasteiger partial charge < -0.3 is 14.0 Å². The number of aromatic nitrogens is 1. The van der Waals surface area contributed by atoms with Crippen molar-refractivity contribution in [1.29, 1.82) is 0 Å². The average molecular weight is 420 g/mol. The van der Waals surface area contributed by atoms with Gasteiger partial charge in [-0.1, -0.05) is 47.6 Å². The first-order chi connectivity index (χ1) is 15.0. The van der Waals surface area contributed by atoms with Crippen LogP contribution in [0.2, 0.25) is 0 Å². The first-order valence-corrected chi connectivity index (χ1v) is 9.89. The summed E-state index contributed by atoms with van der Waals surface area (Å²) in [6, 6.07) is 13.7. The zero-order chi connectivity index (χ0) is 22.2. The Morgan fingerprint density at radius 3 is 2.65 bits per heavy atom. The lowest BCUT2D eigenvalue weighted by atomic mass is 10.0. The quantitative estimate of drug-likeness (QED) is 0.235. The van der Waals surface area contributed by atoms with Crippen molar-refractivity contribution in [2.45, 2.75) is 26.9 Å². The molecule has 0 saturated heterocycles. The highest BCUT2D eigenvalue weighted by Crippen LogP contribution is 2.35. The minimum Gasteiger partial charge on any atom is -0.490 e. The molecular formula is C24H24N2O5. The largest absolute Gasteiger partial charge is 0.490 e. The van der Waals surface area contributed by atoms with E-state index in [0.717, 1.165) is 16.7 Å². The van der Waals surface area contributed by atoms with Crippen LogP contribution in [0.25, 0.3) is 12.2 Å². The molecule has 0 saturated carbocycles. The van der Waals surface area contributed by atoms with Gasteiger partial charge in [0, 0.05) is 5.56 Å². The van der Waals surface area contributed by atoms with Crippen LogP contribution in [0.5, 0.6) is 11.5 Å². The zero-order valence-corrected chi connectivity index (χ0v) is 17.5. The van der Waals surface area contributed by atoms with Gasteiger partial charge in [-0.15, -0.1) is 6.58 Å². The minimum absolute atomic E-state index is 0.0927. The number of rotatable bonds is 10. The molecular weight excluding hydrogens is 396 g/mol. The van der Waals surface area contributed by atoms with E-state index in [1.807, 2.05) is 49.4 Å². The SMILES string of the molecule is C=CCc1cc(C=Cc2onc(C)c2[N+](=O)[O-])cc(OCC)c1OCc1ccccc1. The molecule has 0 amide bonds. The van der Waals surface area contributed by atoms with Crippen molar-refractivity contribution in [3.05, 3.63) is 93.4 Å². The molecule has 0 atom stereocenters. The highest BCUT2D eigenvalue weighted by Gasteiger charge is 2.22. The number of nitrogens with zero attached hydrogens (tertiary/aromatic N) is 2. The molecule has 31 heavy (non-hydrogen) atoms. The number of aryl methyl sites for hydroxylation is 1. The number of ether oxygens (including phenoxy) is 2. The summed E-state index contributed by atoms with van der Waals surface area (Å²) in [7, 11) is 0. The van der Waals surface area contributed by atoms with Gasteiger partial charge in [-0.25, -0.2) is 0 Å². The van der Waals surface area contributed by atoms with Crippen LogP contribution in [-0.4, -0.2) is 16.7 Å². The second-order valence-corrected chi connectivity index (χ2v) is 6.78. The van der Waals surface area contributed by atoms with Crippen molar-refractivity contribution in [1.82, 2.24) is 5.16 Å². The molecule has 0 bridgehead atoms. The van der Waals surface area contributed by atoms with Gasteiger partial charge in [0.15, 0.2) is 17.2 Å². The molecule has 0 fully saturated rings. The molecule has 1 heterocycles. The van der Waals surface area contributed by atoms with Gasteiger partial charge in [0.2, 0.25) is 5.76 Å². The van der Waals surface area contributed by atoms with Crippen LogP contribution in [0.3, 0.4) is 0 Å². The topological polar surface area (TPSA) is 87.6 Å². The van der Waals surface area contributed by atoms with E-state index in [2.05, 4.69) is 11.7 Å². The van der Waals surface area contributed by atoms with E-state index in [4.69, 9.17) is 14.0 Å². The van der Waals surface area contributed by atoms with Crippen molar-refractivity contribution < 1.29 is 18.9 Å². The van der Waals surface area contributed by atoms with E-state index in [0.29, 0.717) is 31.1 Å². The van der Waals surface area contributed by atoms with E-state index in [9.17, 15) is 10.1 Å². The fraction of sp³-hybridized carbons (Fsp3) is 0.208. The maximum Gasteiger partial charge on any atom is 0.338 e. The fourth-order valence-corrected chi connectivity index (χ4v) is 3.13. The van der Waals surface area contributed by atoms with Crippen molar-refractivity contribution in [2.75, 3.05) is 6.61 Å². The van der Waals surface area contributed by atoms with Crippen molar-refractivity contribution in [3.8, 4) is 11.5 Å². The van der Waals surface area contributed by atoms with Crippen LogP contribution < -0.4 is 9.47 Å². The smallest absolute Gasteiger partial charge is 0.338 e. The van der Waals surface area contributed by atoms with Crippen molar-refractivity contribution >= 4 is 17.8 Å². The molecule has 0 aliphatic heterocycles. The summed E-state index contributed by atoms with van der Waals surface area (Å²) in [5.41, 5.74) is 2.83. The molecule has 0 aliphatic carbocycles. The number of benzene rings is 2. The van der Waals surface area contributed by atoms with Gasteiger partial charge in [-0.05, 0) is 49.6 Å². The molecule has 0 aliphatic rings. The lowest BCUT2D eigenvalue weighted by Crippen LogP contribution is -2.03. The second kappa shape index (κ2) is 10.2. The fourth-order valence-electron chi connectivity index (χ4n) is 3.13. The molecule has 160 valence electrons. The molecule has 0 spiro atoms. The van der Waals surface area contributed by atoms with E-state index in [1.54, 1.807) is 12.2 Å². The summed E-state index contributed by atoms with van der Waals surface area (Å²) >= 11 is 0. The Kier molecular flexibility index (Phi) is 7.22. The third-order valence-corrected chi connectivity index (χ3v) is 4.51. The number of nitro groups is 1. The van der Waals surface area contributed by atoms with Crippen LogP contribution in [0, 0.1) is 17.0 Å². The Morgan fingerprint density at radius 1 is 1.19 bits per heavy atom. The summed E-state index contributed by atoms with van der Waals surface area (Å²) in [6.07, 6.45) is 5.63. The molecule has 3 aromatic rings. The van der Waals surface area contributed by atoms with E-state index >= 15 is 0 Å². The number of hydrogen-bond acceptors (Lipinski definition) is 6. The second-order valence-electron chi connectivity index (χ2n) is 6.78. The molecule has 0 radical (unpaired) electrons. The van der Waals surface area contributed by atoms with Crippen LogP contribution in [0.15, 0.2) is 59.6 Å². The Hall–Kier alpha value is -3.87. The Bertz CT molecular complexity index is 1090. The van der Waals surface area contributed by atoms with Crippen LogP contribution >= 0.6 is 0 Å². The Balaban J connectivity index is 1.95. The molecule has 7 nitrogen and oxygen atoms in total. The molecule has 0 unspecified atom stereocenters. The zero-order valence-electron chi connectivity index (χ0n) is 17.5. The standard InChI is InChI=1S/C24H24N2O5/c1-4-9-20-14-19(12-13-21-23(26(27)28)17(3)25-31-21)15-22(29-5-2)24(20)30-16-18-10-7-6-8-11-18/h4,6-8,10-15H,1,5,9,16H2,2-3H3. The third-order valence-electron chi connectivity index (χ3n) is 4.51. The van der Waals surface area contributed by atoms with Gasteiger partial charge >= 0.3 is 5.69 Å². The third kappa shape index (κ3) is 5.39. The maximum atomic E-state index is 11.3. The molecule has 0 N–H and O–H groups in total. The average Bonchev–Trinajstić information content (AvgIpc) is 3.13. The normalized spacial score (nSPS) is 10.9. The molecule has 7 heteroatoms. The van der Waals surface area contributed by atoms with Gasteiger partial charge in [0.1, 0.15) is 6.61 Å². The predicted octanol–water partition coefficient (Wildman–Crippen LogP) is 5.77. The van der Waals surface area contributed by atoms with Crippen LogP contribution in [0.1, 0.15) is 35.1 Å². The predicted molar refractivity (Wildman–Crippen MR) is 119 cm³/mol. The highest BCUT2D eigenvalue weighted by atomic mass is 16.6. The lowest BCUT2D eigenvalue weighted by molar-refractivity contribution is -0.386. The van der Waals surface area contributed by atoms with Gasteiger partial charge in [-0.3, -0.25) is 10.1 Å². The highest BCUT2D eigenvalue weighted by molar-refractivity contribution is 5.73. The first kappa shape index (κ1) is 21.8. The van der Waals surface area contributed by atoms with Crippen LogP contribution in [-0.2, 0) is 13.0 Å². The molecule has 3 rings (SSSR count). The van der Waals surface area contributed by atoms with Crippen LogP contribution in [0.4, 0.5) is 5.69 Å². The summed E-state index contributed by atoms with van der Waals surface area (Å²) < 4.78 is 17.0. The monoisotopic (exact) mass is 420 g/mol. The summed E-state index contributed by atoms with van der Waals surface area (Å²) in [4.78, 5) is 10.8. The van der Waals surface area contributed by atoms with E-state index < -0.39 is 4.92 Å². The van der Waals surface area contributed by atoms with E-state index in [1.165, 1.54) is 13.0 Å². The van der Waals surface area contributed by atoms with Crippen molar-refractivity contribution in [2.24, 2.45) is 0 Å². The van der Waals surface area contributed by atoms with Gasteiger partial charge in [0.05, 0.1) is 11.5 Å². The summed E-state index contributed by atoms with van der Waals surface area (Å²) in [5.74, 6) is 1.35. The summed E-state index contributed by atoms with van der Waals surface area (Å²) in [6.45, 7) is 8.14. The van der Waals surface area contributed by atoms with Gasteiger partial charge in [0.25, 0.3) is 0 Å². The Morgan fingerprint density at radius 2 is 1.97 bits per heavy atom. The maximum absolute atomic E-state index is 11.3. The number of allylic oxidation sites excluding steroid dienone is 1. The lowest BCUT2D eigenvalue weighted by Gasteiger charge is -2.17. The minimum atomic E-state index is -0.499. The summed E-state index contributed by atoms with van der Waals surface area (Å²) in [5, 5.41) is 14.9.